The number of benzene rings is 3. The van der Waals surface area contributed by atoms with Gasteiger partial charge in [0, 0.05) is 16.9 Å². The zero-order chi connectivity index (χ0) is 23.6. The summed E-state index contributed by atoms with van der Waals surface area (Å²) >= 11 is 0. The topological polar surface area (TPSA) is 9.23 Å². The molecule has 0 heterocycles. The molecule has 0 radical (unpaired) electrons. The second-order valence-electron chi connectivity index (χ2n) is 8.07. The van der Waals surface area contributed by atoms with Gasteiger partial charge in [-0.05, 0) is 66.8 Å². The third-order valence-corrected chi connectivity index (χ3v) is 5.91. The van der Waals surface area contributed by atoms with E-state index < -0.39 is 23.7 Å². The van der Waals surface area contributed by atoms with Crippen LogP contribution in [0.4, 0.5) is 22.0 Å². The lowest BCUT2D eigenvalue weighted by Gasteiger charge is -2.26. The summed E-state index contributed by atoms with van der Waals surface area (Å²) in [6.45, 7) is 0. The third kappa shape index (κ3) is 5.29. The molecule has 0 unspecified atom stereocenters. The highest BCUT2D eigenvalue weighted by Gasteiger charge is 2.32. The molecule has 1 aliphatic carbocycles. The van der Waals surface area contributed by atoms with Crippen LogP contribution in [0.2, 0.25) is 0 Å². The standard InChI is InChI=1S/C27H19F5O/c1-2-17-3-7-19(8-4-17)21-12-13-23-22(16-21)11-10-20(26(23)29)9-5-18-6-14-25(24(28)15-18)33-27(30,31)32/h1,6,10-17,19H,3-4,7-8H2. The Morgan fingerprint density at radius 3 is 2.30 bits per heavy atom. The molecule has 3 aromatic rings. The maximum Gasteiger partial charge on any atom is 0.573 e. The van der Waals surface area contributed by atoms with Crippen molar-refractivity contribution in [1.82, 2.24) is 0 Å². The van der Waals surface area contributed by atoms with Gasteiger partial charge in [0.15, 0.2) is 11.6 Å². The van der Waals surface area contributed by atoms with Gasteiger partial charge in [-0.15, -0.1) is 25.5 Å². The Hall–Kier alpha value is -3.51. The summed E-state index contributed by atoms with van der Waals surface area (Å²) in [5.74, 6) is 6.12. The van der Waals surface area contributed by atoms with Crippen molar-refractivity contribution < 1.29 is 26.7 Å². The number of halogens is 5. The molecule has 0 bridgehead atoms. The molecule has 0 spiro atoms. The summed E-state index contributed by atoms with van der Waals surface area (Å²) in [6, 6.07) is 11.8. The summed E-state index contributed by atoms with van der Waals surface area (Å²) < 4.78 is 69.2. The van der Waals surface area contributed by atoms with Crippen molar-refractivity contribution in [1.29, 1.82) is 0 Å². The number of alkyl halides is 3. The van der Waals surface area contributed by atoms with Gasteiger partial charge in [0.05, 0.1) is 5.56 Å². The quantitative estimate of drug-likeness (QED) is 0.291. The van der Waals surface area contributed by atoms with E-state index in [9.17, 15) is 17.6 Å². The van der Waals surface area contributed by atoms with E-state index >= 15 is 4.39 Å². The predicted octanol–water partition coefficient (Wildman–Crippen LogP) is 7.32. The Morgan fingerprint density at radius 1 is 0.879 bits per heavy atom. The molecule has 1 saturated carbocycles. The molecule has 0 N–H and O–H groups in total. The first-order valence-corrected chi connectivity index (χ1v) is 10.5. The molecule has 0 saturated heterocycles. The molecule has 3 aromatic carbocycles. The Morgan fingerprint density at radius 2 is 1.64 bits per heavy atom. The van der Waals surface area contributed by atoms with Gasteiger partial charge in [-0.25, -0.2) is 8.78 Å². The highest BCUT2D eigenvalue weighted by atomic mass is 19.4. The van der Waals surface area contributed by atoms with Crippen molar-refractivity contribution in [3.8, 4) is 29.9 Å². The van der Waals surface area contributed by atoms with Crippen LogP contribution in [0.15, 0.2) is 48.5 Å². The largest absolute Gasteiger partial charge is 0.573 e. The van der Waals surface area contributed by atoms with E-state index in [0.29, 0.717) is 17.2 Å². The van der Waals surface area contributed by atoms with Crippen LogP contribution in [0, 0.1) is 41.7 Å². The number of hydrogen-bond acceptors (Lipinski definition) is 1. The van der Waals surface area contributed by atoms with Gasteiger partial charge in [0.2, 0.25) is 0 Å². The van der Waals surface area contributed by atoms with Gasteiger partial charge in [-0.3, -0.25) is 0 Å². The van der Waals surface area contributed by atoms with E-state index in [2.05, 4.69) is 22.5 Å². The van der Waals surface area contributed by atoms with Gasteiger partial charge in [-0.2, -0.15) is 0 Å². The molecule has 33 heavy (non-hydrogen) atoms. The summed E-state index contributed by atoms with van der Waals surface area (Å²) in [5.41, 5.74) is 1.37. The number of ether oxygens (including phenoxy) is 1. The van der Waals surface area contributed by atoms with Crippen LogP contribution in [0.3, 0.4) is 0 Å². The smallest absolute Gasteiger partial charge is 0.403 e. The lowest BCUT2D eigenvalue weighted by molar-refractivity contribution is -0.275. The fraction of sp³-hybridized carbons (Fsp3) is 0.259. The third-order valence-electron chi connectivity index (χ3n) is 5.91. The molecular weight excluding hydrogens is 435 g/mol. The minimum atomic E-state index is -5.00. The van der Waals surface area contributed by atoms with E-state index in [0.717, 1.165) is 48.8 Å². The van der Waals surface area contributed by atoms with Crippen LogP contribution in [-0.4, -0.2) is 6.36 Å². The van der Waals surface area contributed by atoms with E-state index in [1.807, 2.05) is 12.1 Å². The van der Waals surface area contributed by atoms with E-state index in [-0.39, 0.29) is 11.1 Å². The normalized spacial score (nSPS) is 18.3. The minimum absolute atomic E-state index is 0.0967. The van der Waals surface area contributed by atoms with Crippen molar-refractivity contribution in [2.45, 2.75) is 38.0 Å². The molecule has 1 fully saturated rings. The number of terminal acetylenes is 1. The van der Waals surface area contributed by atoms with Crippen LogP contribution in [0.1, 0.15) is 48.3 Å². The maximum atomic E-state index is 15.0. The van der Waals surface area contributed by atoms with Crippen molar-refractivity contribution >= 4 is 10.8 Å². The average molecular weight is 454 g/mol. The van der Waals surface area contributed by atoms with E-state index in [1.165, 1.54) is 6.07 Å². The van der Waals surface area contributed by atoms with Crippen molar-refractivity contribution in [3.63, 3.8) is 0 Å². The minimum Gasteiger partial charge on any atom is -0.403 e. The van der Waals surface area contributed by atoms with Crippen LogP contribution in [0.25, 0.3) is 10.8 Å². The van der Waals surface area contributed by atoms with Crippen LogP contribution in [0.5, 0.6) is 5.75 Å². The molecule has 0 atom stereocenters. The highest BCUT2D eigenvalue weighted by molar-refractivity contribution is 5.85. The molecule has 4 rings (SSSR count). The zero-order valence-electron chi connectivity index (χ0n) is 17.5. The number of fused-ring (bicyclic) bond motifs is 1. The summed E-state index contributed by atoms with van der Waals surface area (Å²) in [6.07, 6.45) is 4.53. The van der Waals surface area contributed by atoms with Gasteiger partial charge in [-0.1, -0.05) is 36.1 Å². The van der Waals surface area contributed by atoms with Crippen LogP contribution in [-0.2, 0) is 0 Å². The van der Waals surface area contributed by atoms with Gasteiger partial charge in [0.1, 0.15) is 5.82 Å². The predicted molar refractivity (Wildman–Crippen MR) is 117 cm³/mol. The Kier molecular flexibility index (Phi) is 6.29. The van der Waals surface area contributed by atoms with E-state index in [1.54, 1.807) is 18.2 Å². The molecular formula is C27H19F5O. The van der Waals surface area contributed by atoms with Crippen LogP contribution >= 0.6 is 0 Å². The van der Waals surface area contributed by atoms with Gasteiger partial charge in [0.25, 0.3) is 0 Å². The lowest BCUT2D eigenvalue weighted by atomic mass is 9.78. The number of rotatable bonds is 2. The summed E-state index contributed by atoms with van der Waals surface area (Å²) in [5, 5.41) is 1.18. The molecule has 168 valence electrons. The second-order valence-corrected chi connectivity index (χ2v) is 8.07. The molecule has 0 aromatic heterocycles. The maximum absolute atomic E-state index is 15.0. The fourth-order valence-corrected chi connectivity index (χ4v) is 4.18. The van der Waals surface area contributed by atoms with Crippen LogP contribution < -0.4 is 4.74 Å². The zero-order valence-corrected chi connectivity index (χ0v) is 17.5. The first-order valence-electron chi connectivity index (χ1n) is 10.5. The van der Waals surface area contributed by atoms with Gasteiger partial charge < -0.3 is 4.74 Å². The Bertz CT molecular complexity index is 1280. The first-order chi connectivity index (χ1) is 15.7. The Labute approximate surface area is 188 Å². The molecule has 6 heteroatoms. The monoisotopic (exact) mass is 454 g/mol. The highest BCUT2D eigenvalue weighted by Crippen LogP contribution is 2.37. The van der Waals surface area contributed by atoms with Crippen molar-refractivity contribution in [2.75, 3.05) is 0 Å². The summed E-state index contributed by atoms with van der Waals surface area (Å²) in [4.78, 5) is 0. The SMILES string of the molecule is C#CC1CCC(c2ccc3c(F)c(C#Cc4ccc(OC(F)(F)F)c(F)c4)ccc3c2)CC1. The van der Waals surface area contributed by atoms with Crippen molar-refractivity contribution in [3.05, 3.63) is 76.9 Å². The molecule has 0 amide bonds. The molecule has 1 aliphatic rings. The van der Waals surface area contributed by atoms with Gasteiger partial charge >= 0.3 is 6.36 Å². The van der Waals surface area contributed by atoms with E-state index in [4.69, 9.17) is 6.42 Å². The summed E-state index contributed by atoms with van der Waals surface area (Å²) in [7, 11) is 0. The molecule has 0 aliphatic heterocycles. The van der Waals surface area contributed by atoms with Crippen molar-refractivity contribution in [2.24, 2.45) is 5.92 Å². The Balaban J connectivity index is 1.56. The average Bonchev–Trinajstić information content (AvgIpc) is 2.79. The second kappa shape index (κ2) is 9.16. The number of hydrogen-bond donors (Lipinski definition) is 0. The molecule has 1 nitrogen and oxygen atoms in total. The lowest BCUT2D eigenvalue weighted by Crippen LogP contribution is -2.17. The first kappa shape index (κ1) is 22.7. The fourth-order valence-electron chi connectivity index (χ4n) is 4.18.